The maximum atomic E-state index is 12.6. The minimum atomic E-state index is -0.200. The highest BCUT2D eigenvalue weighted by molar-refractivity contribution is 5.68. The third-order valence-electron chi connectivity index (χ3n) is 9.08. The highest BCUT2D eigenvalue weighted by atomic mass is 16.6. The van der Waals surface area contributed by atoms with Crippen LogP contribution < -0.4 is 0 Å². The van der Waals surface area contributed by atoms with Crippen LogP contribution in [0, 0.1) is 0 Å². The molecule has 0 spiro atoms. The number of carbonyl (C=O) groups is 1. The van der Waals surface area contributed by atoms with Crippen molar-refractivity contribution in [2.45, 2.75) is 226 Å². The van der Waals surface area contributed by atoms with E-state index >= 15 is 0 Å². The summed E-state index contributed by atoms with van der Waals surface area (Å²) >= 11 is 0. The summed E-state index contributed by atoms with van der Waals surface area (Å²) in [6, 6.07) is 0. The topological polar surface area (TPSA) is 29.5 Å². The SMILES string of the molecule is C=C(C)OC(=O)N(CCCCCCCCCCCCCCCCCC)CCCCCCCCCCCCCCCCCC. The smallest absolute Gasteiger partial charge is 0.414 e. The molecule has 0 saturated heterocycles. The molecule has 0 saturated carbocycles. The number of amides is 1. The van der Waals surface area contributed by atoms with Gasteiger partial charge in [0, 0.05) is 13.1 Å². The lowest BCUT2D eigenvalue weighted by molar-refractivity contribution is 0.127. The van der Waals surface area contributed by atoms with Crippen molar-refractivity contribution < 1.29 is 9.53 Å². The zero-order valence-corrected chi connectivity index (χ0v) is 30.0. The Morgan fingerprint density at radius 1 is 0.419 bits per heavy atom. The van der Waals surface area contributed by atoms with Gasteiger partial charge in [-0.25, -0.2) is 4.79 Å². The molecule has 0 aliphatic carbocycles. The predicted molar refractivity (Wildman–Crippen MR) is 192 cm³/mol. The van der Waals surface area contributed by atoms with Crippen molar-refractivity contribution in [1.29, 1.82) is 0 Å². The molecule has 0 bridgehead atoms. The summed E-state index contributed by atoms with van der Waals surface area (Å²) in [5, 5.41) is 0. The van der Waals surface area contributed by atoms with Gasteiger partial charge in [-0.05, 0) is 19.8 Å². The van der Waals surface area contributed by atoms with E-state index in [2.05, 4.69) is 20.4 Å². The van der Waals surface area contributed by atoms with E-state index in [1.165, 1.54) is 193 Å². The quantitative estimate of drug-likeness (QED) is 0.0531. The Morgan fingerprint density at radius 2 is 0.628 bits per heavy atom. The minimum absolute atomic E-state index is 0.200. The molecule has 0 N–H and O–H groups in total. The van der Waals surface area contributed by atoms with Crippen LogP contribution in [0.1, 0.15) is 226 Å². The number of rotatable bonds is 35. The van der Waals surface area contributed by atoms with Gasteiger partial charge in [0.05, 0.1) is 5.76 Å². The Bertz CT molecular complexity index is 539. The first-order valence-electron chi connectivity index (χ1n) is 19.7. The molecule has 0 atom stereocenters. The largest absolute Gasteiger partial charge is 0.416 e. The summed E-state index contributed by atoms with van der Waals surface area (Å²) < 4.78 is 5.36. The van der Waals surface area contributed by atoms with Crippen LogP contribution in [0.4, 0.5) is 4.79 Å². The van der Waals surface area contributed by atoms with Crippen molar-refractivity contribution >= 4 is 6.09 Å². The first-order chi connectivity index (χ1) is 21.1. The molecular formula is C40H79NO2. The number of ether oxygens (including phenoxy) is 1. The molecule has 0 unspecified atom stereocenters. The number of hydrogen-bond acceptors (Lipinski definition) is 2. The first kappa shape index (κ1) is 42.0. The van der Waals surface area contributed by atoms with Crippen molar-refractivity contribution in [3.05, 3.63) is 12.3 Å². The standard InChI is InChI=1S/C40H79NO2/c1-5-7-9-11-13-15-17-19-21-23-25-27-29-31-33-35-37-41(40(42)43-39(3)4)38-36-34-32-30-28-26-24-22-20-18-16-14-12-10-8-6-2/h3,5-38H2,1-2,4H3. The van der Waals surface area contributed by atoms with Crippen LogP contribution in [0.15, 0.2) is 12.3 Å². The molecule has 3 heteroatoms. The second kappa shape index (κ2) is 35.5. The van der Waals surface area contributed by atoms with E-state index in [1.807, 2.05) is 4.90 Å². The van der Waals surface area contributed by atoms with Gasteiger partial charge in [0.25, 0.3) is 0 Å². The second-order valence-corrected chi connectivity index (χ2v) is 13.7. The maximum Gasteiger partial charge on any atom is 0.414 e. The maximum absolute atomic E-state index is 12.6. The molecule has 0 aromatic carbocycles. The zero-order chi connectivity index (χ0) is 31.5. The van der Waals surface area contributed by atoms with Crippen molar-refractivity contribution in [2.24, 2.45) is 0 Å². The Labute approximate surface area is 271 Å². The lowest BCUT2D eigenvalue weighted by Gasteiger charge is -2.22. The van der Waals surface area contributed by atoms with Gasteiger partial charge in [0.1, 0.15) is 0 Å². The van der Waals surface area contributed by atoms with E-state index in [0.717, 1.165) is 25.9 Å². The van der Waals surface area contributed by atoms with Crippen LogP contribution in [-0.2, 0) is 4.74 Å². The molecule has 0 aromatic heterocycles. The molecule has 3 nitrogen and oxygen atoms in total. The van der Waals surface area contributed by atoms with E-state index in [9.17, 15) is 4.79 Å². The summed E-state index contributed by atoms with van der Waals surface area (Å²) in [7, 11) is 0. The summed E-state index contributed by atoms with van der Waals surface area (Å²) in [6.45, 7) is 11.8. The number of unbranched alkanes of at least 4 members (excludes halogenated alkanes) is 30. The van der Waals surface area contributed by atoms with E-state index in [-0.39, 0.29) is 6.09 Å². The van der Waals surface area contributed by atoms with Crippen LogP contribution in [0.25, 0.3) is 0 Å². The molecule has 0 rings (SSSR count). The fourth-order valence-electron chi connectivity index (χ4n) is 6.21. The molecule has 43 heavy (non-hydrogen) atoms. The molecular weight excluding hydrogens is 526 g/mol. The van der Waals surface area contributed by atoms with Gasteiger partial charge in [-0.15, -0.1) is 0 Å². The van der Waals surface area contributed by atoms with Crippen LogP contribution in [-0.4, -0.2) is 24.1 Å². The molecule has 0 aliphatic rings. The van der Waals surface area contributed by atoms with Gasteiger partial charge in [-0.1, -0.05) is 213 Å². The lowest BCUT2D eigenvalue weighted by atomic mass is 10.0. The summed E-state index contributed by atoms with van der Waals surface area (Å²) in [6.07, 6.45) is 43.7. The van der Waals surface area contributed by atoms with Crippen molar-refractivity contribution in [3.63, 3.8) is 0 Å². The van der Waals surface area contributed by atoms with Gasteiger partial charge in [-0.3, -0.25) is 0 Å². The zero-order valence-electron chi connectivity index (χ0n) is 30.0. The fraction of sp³-hybridized carbons (Fsp3) is 0.925. The van der Waals surface area contributed by atoms with E-state index in [1.54, 1.807) is 6.92 Å². The number of nitrogens with zero attached hydrogens (tertiary/aromatic N) is 1. The lowest BCUT2D eigenvalue weighted by Crippen LogP contribution is -2.33. The van der Waals surface area contributed by atoms with Crippen LogP contribution >= 0.6 is 0 Å². The van der Waals surface area contributed by atoms with Crippen LogP contribution in [0.5, 0.6) is 0 Å². The van der Waals surface area contributed by atoms with Gasteiger partial charge >= 0.3 is 6.09 Å². The monoisotopic (exact) mass is 606 g/mol. The Hall–Kier alpha value is -0.990. The van der Waals surface area contributed by atoms with E-state index in [4.69, 9.17) is 4.74 Å². The highest BCUT2D eigenvalue weighted by Gasteiger charge is 2.14. The first-order valence-corrected chi connectivity index (χ1v) is 19.7. The van der Waals surface area contributed by atoms with E-state index < -0.39 is 0 Å². The fourth-order valence-corrected chi connectivity index (χ4v) is 6.21. The summed E-state index contributed by atoms with van der Waals surface area (Å²) in [5.41, 5.74) is 0. The van der Waals surface area contributed by atoms with Gasteiger partial charge in [-0.2, -0.15) is 0 Å². The van der Waals surface area contributed by atoms with Crippen LogP contribution in [0.3, 0.4) is 0 Å². The van der Waals surface area contributed by atoms with Crippen LogP contribution in [0.2, 0.25) is 0 Å². The third-order valence-corrected chi connectivity index (χ3v) is 9.08. The number of allylic oxidation sites excluding steroid dienone is 1. The van der Waals surface area contributed by atoms with Crippen molar-refractivity contribution in [1.82, 2.24) is 4.90 Å². The summed E-state index contributed by atoms with van der Waals surface area (Å²) in [5.74, 6) is 0.494. The van der Waals surface area contributed by atoms with Crippen molar-refractivity contribution in [3.8, 4) is 0 Å². The Kier molecular flexibility index (Phi) is 34.7. The summed E-state index contributed by atoms with van der Waals surface area (Å²) in [4.78, 5) is 14.5. The van der Waals surface area contributed by atoms with E-state index in [0.29, 0.717) is 5.76 Å². The normalized spacial score (nSPS) is 11.2. The van der Waals surface area contributed by atoms with Gasteiger partial charge < -0.3 is 9.64 Å². The average molecular weight is 606 g/mol. The molecule has 0 aromatic rings. The number of hydrogen-bond donors (Lipinski definition) is 0. The molecule has 0 aliphatic heterocycles. The second-order valence-electron chi connectivity index (χ2n) is 13.7. The highest BCUT2D eigenvalue weighted by Crippen LogP contribution is 2.16. The van der Waals surface area contributed by atoms with Gasteiger partial charge in [0.15, 0.2) is 0 Å². The van der Waals surface area contributed by atoms with Gasteiger partial charge in [0.2, 0.25) is 0 Å². The Morgan fingerprint density at radius 3 is 0.837 bits per heavy atom. The average Bonchev–Trinajstić information content (AvgIpc) is 2.99. The van der Waals surface area contributed by atoms with Crippen molar-refractivity contribution in [2.75, 3.05) is 13.1 Å². The predicted octanol–water partition coefficient (Wildman–Crippen LogP) is 14.5. The molecule has 0 heterocycles. The molecule has 0 radical (unpaired) electrons. The number of carbonyl (C=O) groups excluding carboxylic acids is 1. The Balaban J connectivity index is 3.68. The molecule has 256 valence electrons. The minimum Gasteiger partial charge on any atom is -0.416 e. The molecule has 0 fully saturated rings. The molecule has 1 amide bonds. The third kappa shape index (κ3) is 33.7.